The van der Waals surface area contributed by atoms with Crippen LogP contribution in [0.4, 0.5) is 27.7 Å². The van der Waals surface area contributed by atoms with Gasteiger partial charge in [-0.1, -0.05) is 17.7 Å². The number of carbonyl (C=O) groups excluding carboxylic acids is 1. The van der Waals surface area contributed by atoms with Gasteiger partial charge in [0.15, 0.2) is 0 Å². The molecule has 2 aromatic heterocycles. The SMILES string of the molecule is Cc1ccc(NC(=O)Nc2ccc(Nc3cc(-n4ccnc4)nc(C)n3)cc2)c(Cl)c1. The number of anilines is 4. The minimum absolute atomic E-state index is 0.372. The molecule has 31 heavy (non-hydrogen) atoms. The number of halogens is 1. The van der Waals surface area contributed by atoms with Crippen LogP contribution in [-0.2, 0) is 0 Å². The molecular weight excluding hydrogens is 414 g/mol. The van der Waals surface area contributed by atoms with Gasteiger partial charge in [-0.2, -0.15) is 0 Å². The molecule has 8 nitrogen and oxygen atoms in total. The van der Waals surface area contributed by atoms with Crippen LogP contribution in [0, 0.1) is 13.8 Å². The van der Waals surface area contributed by atoms with Gasteiger partial charge in [0.05, 0.1) is 10.7 Å². The Kier molecular flexibility index (Phi) is 5.81. The Hall–Kier alpha value is -3.91. The van der Waals surface area contributed by atoms with E-state index in [2.05, 4.69) is 30.9 Å². The predicted molar refractivity (Wildman–Crippen MR) is 122 cm³/mol. The average Bonchev–Trinajstić information content (AvgIpc) is 3.26. The lowest BCUT2D eigenvalue weighted by Crippen LogP contribution is -2.19. The van der Waals surface area contributed by atoms with Crippen LogP contribution in [0.2, 0.25) is 5.02 Å². The number of hydrogen-bond acceptors (Lipinski definition) is 5. The van der Waals surface area contributed by atoms with Crippen LogP contribution in [0.1, 0.15) is 11.4 Å². The Labute approximate surface area is 184 Å². The van der Waals surface area contributed by atoms with E-state index >= 15 is 0 Å². The van der Waals surface area contributed by atoms with Crippen LogP contribution in [0.5, 0.6) is 0 Å². The fraction of sp³-hybridized carbons (Fsp3) is 0.0909. The zero-order valence-electron chi connectivity index (χ0n) is 16.9. The molecular formula is C22H20ClN7O. The Morgan fingerprint density at radius 2 is 1.74 bits per heavy atom. The summed E-state index contributed by atoms with van der Waals surface area (Å²) in [5, 5.41) is 9.27. The van der Waals surface area contributed by atoms with Gasteiger partial charge in [0.25, 0.3) is 0 Å². The van der Waals surface area contributed by atoms with Crippen molar-refractivity contribution in [2.24, 2.45) is 0 Å². The second-order valence-corrected chi connectivity index (χ2v) is 7.30. The van der Waals surface area contributed by atoms with Crippen molar-refractivity contribution in [2.45, 2.75) is 13.8 Å². The summed E-state index contributed by atoms with van der Waals surface area (Å²) in [6.07, 6.45) is 5.20. The zero-order valence-corrected chi connectivity index (χ0v) is 17.7. The molecule has 0 aliphatic heterocycles. The molecule has 4 aromatic rings. The van der Waals surface area contributed by atoms with Crippen LogP contribution in [0.25, 0.3) is 5.82 Å². The summed E-state index contributed by atoms with van der Waals surface area (Å²) < 4.78 is 1.81. The molecule has 9 heteroatoms. The molecule has 0 saturated heterocycles. The molecule has 0 atom stereocenters. The summed E-state index contributed by atoms with van der Waals surface area (Å²) >= 11 is 6.16. The minimum atomic E-state index is -0.372. The van der Waals surface area contributed by atoms with E-state index in [0.29, 0.717) is 28.0 Å². The molecule has 2 amide bonds. The van der Waals surface area contributed by atoms with Gasteiger partial charge in [0.2, 0.25) is 0 Å². The lowest BCUT2D eigenvalue weighted by molar-refractivity contribution is 0.262. The van der Waals surface area contributed by atoms with Crippen molar-refractivity contribution in [3.05, 3.63) is 83.7 Å². The van der Waals surface area contributed by atoms with E-state index in [1.54, 1.807) is 36.8 Å². The first-order valence-electron chi connectivity index (χ1n) is 9.51. The maximum absolute atomic E-state index is 12.3. The van der Waals surface area contributed by atoms with E-state index in [0.717, 1.165) is 17.1 Å². The number of nitrogens with one attached hydrogen (secondary N) is 3. The number of benzene rings is 2. The van der Waals surface area contributed by atoms with E-state index in [4.69, 9.17) is 11.6 Å². The minimum Gasteiger partial charge on any atom is -0.340 e. The first-order valence-corrected chi connectivity index (χ1v) is 9.89. The molecule has 0 bridgehead atoms. The van der Waals surface area contributed by atoms with Crippen molar-refractivity contribution in [2.75, 3.05) is 16.0 Å². The molecule has 2 aromatic carbocycles. The Morgan fingerprint density at radius 1 is 0.968 bits per heavy atom. The lowest BCUT2D eigenvalue weighted by Gasteiger charge is -2.11. The van der Waals surface area contributed by atoms with Crippen LogP contribution >= 0.6 is 11.6 Å². The first-order chi connectivity index (χ1) is 15.0. The fourth-order valence-corrected chi connectivity index (χ4v) is 3.22. The van der Waals surface area contributed by atoms with Crippen LogP contribution in [0.3, 0.4) is 0 Å². The third kappa shape index (κ3) is 5.18. The van der Waals surface area contributed by atoms with Gasteiger partial charge in [0, 0.05) is 29.8 Å². The summed E-state index contributed by atoms with van der Waals surface area (Å²) in [4.78, 5) is 25.1. The van der Waals surface area contributed by atoms with Crippen LogP contribution in [0.15, 0.2) is 67.3 Å². The largest absolute Gasteiger partial charge is 0.340 e. The first kappa shape index (κ1) is 20.4. The number of carbonyl (C=O) groups is 1. The predicted octanol–water partition coefficient (Wildman–Crippen LogP) is 5.32. The van der Waals surface area contributed by atoms with Crippen molar-refractivity contribution in [1.29, 1.82) is 0 Å². The van der Waals surface area contributed by atoms with Crippen molar-refractivity contribution < 1.29 is 4.79 Å². The van der Waals surface area contributed by atoms with E-state index in [9.17, 15) is 4.79 Å². The Bertz CT molecular complexity index is 1210. The third-order valence-electron chi connectivity index (χ3n) is 4.38. The normalized spacial score (nSPS) is 10.5. The summed E-state index contributed by atoms with van der Waals surface area (Å²) in [7, 11) is 0. The zero-order chi connectivity index (χ0) is 21.8. The summed E-state index contributed by atoms with van der Waals surface area (Å²) in [6.45, 7) is 3.77. The number of aromatic nitrogens is 4. The van der Waals surface area contributed by atoms with Crippen molar-refractivity contribution >= 4 is 40.5 Å². The number of rotatable bonds is 5. The highest BCUT2D eigenvalue weighted by atomic mass is 35.5. The average molecular weight is 434 g/mol. The fourth-order valence-electron chi connectivity index (χ4n) is 2.93. The second kappa shape index (κ2) is 8.85. The number of hydrogen-bond donors (Lipinski definition) is 3. The van der Waals surface area contributed by atoms with E-state index in [1.165, 1.54) is 0 Å². The van der Waals surface area contributed by atoms with E-state index in [-0.39, 0.29) is 6.03 Å². The molecule has 0 aliphatic carbocycles. The molecule has 156 valence electrons. The number of urea groups is 1. The highest BCUT2D eigenvalue weighted by Crippen LogP contribution is 2.23. The summed E-state index contributed by atoms with van der Waals surface area (Å²) in [6, 6.07) is 14.2. The summed E-state index contributed by atoms with van der Waals surface area (Å²) in [5.41, 5.74) is 3.04. The molecule has 2 heterocycles. The topological polar surface area (TPSA) is 96.8 Å². The number of amides is 2. The number of aryl methyl sites for hydroxylation is 2. The van der Waals surface area contributed by atoms with Gasteiger partial charge in [-0.3, -0.25) is 4.57 Å². The van der Waals surface area contributed by atoms with E-state index in [1.807, 2.05) is 48.9 Å². The van der Waals surface area contributed by atoms with Crippen LogP contribution in [-0.4, -0.2) is 25.6 Å². The Balaban J connectivity index is 1.41. The highest BCUT2D eigenvalue weighted by Gasteiger charge is 2.07. The van der Waals surface area contributed by atoms with Gasteiger partial charge in [0.1, 0.15) is 23.8 Å². The van der Waals surface area contributed by atoms with Crippen molar-refractivity contribution in [3.63, 3.8) is 0 Å². The molecule has 0 unspecified atom stereocenters. The van der Waals surface area contributed by atoms with Gasteiger partial charge < -0.3 is 16.0 Å². The van der Waals surface area contributed by atoms with Crippen LogP contribution < -0.4 is 16.0 Å². The monoisotopic (exact) mass is 433 g/mol. The maximum Gasteiger partial charge on any atom is 0.323 e. The van der Waals surface area contributed by atoms with Crippen molar-refractivity contribution in [1.82, 2.24) is 19.5 Å². The molecule has 0 fully saturated rings. The smallest absolute Gasteiger partial charge is 0.323 e. The number of imidazole rings is 1. The second-order valence-electron chi connectivity index (χ2n) is 6.89. The molecule has 0 spiro atoms. The van der Waals surface area contributed by atoms with Gasteiger partial charge in [-0.25, -0.2) is 19.7 Å². The molecule has 4 rings (SSSR count). The molecule has 0 aliphatic rings. The highest BCUT2D eigenvalue weighted by molar-refractivity contribution is 6.33. The number of nitrogens with zero attached hydrogens (tertiary/aromatic N) is 4. The van der Waals surface area contributed by atoms with Crippen molar-refractivity contribution in [3.8, 4) is 5.82 Å². The van der Waals surface area contributed by atoms with Gasteiger partial charge >= 0.3 is 6.03 Å². The molecule has 3 N–H and O–H groups in total. The Morgan fingerprint density at radius 3 is 2.45 bits per heavy atom. The lowest BCUT2D eigenvalue weighted by atomic mass is 10.2. The molecule has 0 radical (unpaired) electrons. The van der Waals surface area contributed by atoms with Gasteiger partial charge in [-0.15, -0.1) is 0 Å². The van der Waals surface area contributed by atoms with Gasteiger partial charge in [-0.05, 0) is 55.8 Å². The van der Waals surface area contributed by atoms with E-state index < -0.39 is 0 Å². The standard InChI is InChI=1S/C22H20ClN7O/c1-14-3-8-19(18(23)11-14)29-22(31)28-17-6-4-16(5-7-17)27-20-12-21(26-15(2)25-20)30-10-9-24-13-30/h3-13H,1-2H3,(H,25,26,27)(H2,28,29,31). The molecule has 0 saturated carbocycles. The quantitative estimate of drug-likeness (QED) is 0.395. The summed E-state index contributed by atoms with van der Waals surface area (Å²) in [5.74, 6) is 2.01. The third-order valence-corrected chi connectivity index (χ3v) is 4.69. The maximum atomic E-state index is 12.3.